The minimum Gasteiger partial charge on any atom is -0.495 e. The topological polar surface area (TPSA) is 71.5 Å². The van der Waals surface area contributed by atoms with Crippen molar-refractivity contribution in [3.8, 4) is 11.5 Å². The van der Waals surface area contributed by atoms with Crippen molar-refractivity contribution >= 4 is 57.6 Å². The molecule has 2 unspecified atom stereocenters. The molecule has 11 heteroatoms. The molecule has 0 spiro atoms. The van der Waals surface area contributed by atoms with Crippen molar-refractivity contribution in [2.45, 2.75) is 32.5 Å². The molecule has 8 nitrogen and oxygen atoms in total. The van der Waals surface area contributed by atoms with Crippen LogP contribution in [0.25, 0.3) is 0 Å². The molecule has 0 bridgehead atoms. The number of pyridine rings is 1. The zero-order valence-corrected chi connectivity index (χ0v) is 23.5. The highest BCUT2D eigenvalue weighted by atomic mass is 35.5. The minimum absolute atomic E-state index is 0.312. The van der Waals surface area contributed by atoms with Gasteiger partial charge in [0.2, 0.25) is 0 Å². The zero-order chi connectivity index (χ0) is 26.1. The molecule has 1 saturated heterocycles. The predicted octanol–water partition coefficient (Wildman–Crippen LogP) is 6.04. The van der Waals surface area contributed by atoms with Crippen molar-refractivity contribution in [3.63, 3.8) is 0 Å². The molecule has 0 aliphatic carbocycles. The van der Waals surface area contributed by atoms with Crippen LogP contribution in [0.2, 0.25) is 10.0 Å². The van der Waals surface area contributed by atoms with Gasteiger partial charge in [-0.3, -0.25) is 4.90 Å². The molecule has 0 radical (unpaired) electrons. The van der Waals surface area contributed by atoms with Gasteiger partial charge < -0.3 is 24.4 Å². The van der Waals surface area contributed by atoms with Crippen LogP contribution in [0.15, 0.2) is 40.8 Å². The number of methoxy groups -OCH3 is 2. The molecule has 2 atom stereocenters. The Balaban J connectivity index is 1.36. The fourth-order valence-corrected chi connectivity index (χ4v) is 6.21. The standard InChI is InChI=1S/C26H29Cl2N5O3S/c1-15-12-36-13-16(2)32(15)11-17-5-6-21(29-10-17)31-26-25-18(7-8-37-25)33(14-30-26)24-22(27)19(34-3)9-20(35-4)23(24)28/h5-10,15-16H,11-14H2,1-4H3,(H,29,30,31). The van der Waals surface area contributed by atoms with Gasteiger partial charge in [-0.2, -0.15) is 0 Å². The number of nitrogens with zero attached hydrogens (tertiary/aromatic N) is 4. The number of hydrogen-bond acceptors (Lipinski definition) is 9. The van der Waals surface area contributed by atoms with E-state index < -0.39 is 0 Å². The van der Waals surface area contributed by atoms with Gasteiger partial charge in [0.25, 0.3) is 0 Å². The summed E-state index contributed by atoms with van der Waals surface area (Å²) in [5, 5.41) is 6.21. The highest BCUT2D eigenvalue weighted by molar-refractivity contribution is 7.13. The van der Waals surface area contributed by atoms with E-state index in [0.29, 0.717) is 46.0 Å². The third kappa shape index (κ3) is 5.11. The minimum atomic E-state index is 0.312. The average molecular weight is 563 g/mol. The first kappa shape index (κ1) is 26.1. The lowest BCUT2D eigenvalue weighted by Gasteiger charge is -2.38. The van der Waals surface area contributed by atoms with Gasteiger partial charge in [-0.05, 0) is 36.9 Å². The lowest BCUT2D eigenvalue weighted by atomic mass is 10.1. The van der Waals surface area contributed by atoms with Crippen molar-refractivity contribution in [2.24, 2.45) is 4.99 Å². The molecule has 1 fully saturated rings. The number of aromatic nitrogens is 1. The number of benzene rings is 1. The van der Waals surface area contributed by atoms with Crippen LogP contribution in [0, 0.1) is 0 Å². The van der Waals surface area contributed by atoms with Crippen LogP contribution in [0.1, 0.15) is 24.3 Å². The second kappa shape index (κ2) is 11.0. The number of aliphatic imine (C=N–C) groups is 1. The van der Waals surface area contributed by atoms with E-state index in [1.165, 1.54) is 0 Å². The monoisotopic (exact) mass is 561 g/mol. The Kier molecular flexibility index (Phi) is 7.78. The van der Waals surface area contributed by atoms with E-state index in [1.807, 2.05) is 28.6 Å². The summed E-state index contributed by atoms with van der Waals surface area (Å²) in [6, 6.07) is 8.56. The van der Waals surface area contributed by atoms with Crippen LogP contribution in [0.5, 0.6) is 11.5 Å². The van der Waals surface area contributed by atoms with Gasteiger partial charge in [-0.1, -0.05) is 29.3 Å². The SMILES string of the molecule is COc1cc(OC)c(Cl)c(N2CN=C(Nc3ccc(CN4C(C)COCC4C)cn3)c3sccc32)c1Cl. The molecule has 2 aliphatic heterocycles. The molecular formula is C26H29Cl2N5O3S. The number of fused-ring (bicyclic) bond motifs is 1. The third-order valence-electron chi connectivity index (χ3n) is 6.63. The van der Waals surface area contributed by atoms with E-state index in [-0.39, 0.29) is 0 Å². The van der Waals surface area contributed by atoms with Crippen LogP contribution >= 0.6 is 34.5 Å². The molecular weight excluding hydrogens is 533 g/mol. The first-order chi connectivity index (χ1) is 17.9. The van der Waals surface area contributed by atoms with Crippen molar-refractivity contribution in [3.05, 3.63) is 56.3 Å². The molecule has 1 aromatic carbocycles. The van der Waals surface area contributed by atoms with Crippen LogP contribution < -0.4 is 19.7 Å². The van der Waals surface area contributed by atoms with Gasteiger partial charge in [0.1, 0.15) is 39.9 Å². The number of anilines is 3. The fraction of sp³-hybridized carbons (Fsp3) is 0.385. The molecule has 3 aromatic rings. The number of amidine groups is 1. The van der Waals surface area contributed by atoms with Gasteiger partial charge in [-0.25, -0.2) is 9.98 Å². The molecule has 5 rings (SSSR count). The smallest absolute Gasteiger partial charge is 0.148 e. The number of rotatable bonds is 6. The summed E-state index contributed by atoms with van der Waals surface area (Å²) >= 11 is 15.0. The summed E-state index contributed by atoms with van der Waals surface area (Å²) < 4.78 is 16.6. The van der Waals surface area contributed by atoms with Gasteiger partial charge in [0.15, 0.2) is 0 Å². The second-order valence-electron chi connectivity index (χ2n) is 9.05. The van der Waals surface area contributed by atoms with Crippen molar-refractivity contribution in [1.82, 2.24) is 9.88 Å². The van der Waals surface area contributed by atoms with Crippen molar-refractivity contribution in [2.75, 3.05) is 44.3 Å². The molecule has 196 valence electrons. The van der Waals surface area contributed by atoms with E-state index in [1.54, 1.807) is 31.6 Å². The second-order valence-corrected chi connectivity index (χ2v) is 10.7. The highest BCUT2D eigenvalue weighted by Gasteiger charge is 2.29. The molecule has 37 heavy (non-hydrogen) atoms. The summed E-state index contributed by atoms with van der Waals surface area (Å²) in [5.74, 6) is 2.44. The van der Waals surface area contributed by atoms with Crippen LogP contribution in [0.3, 0.4) is 0 Å². The summed E-state index contributed by atoms with van der Waals surface area (Å²) in [5.41, 5.74) is 2.69. The maximum Gasteiger partial charge on any atom is 0.148 e. The Morgan fingerprint density at radius 2 is 1.78 bits per heavy atom. The van der Waals surface area contributed by atoms with Crippen LogP contribution in [0.4, 0.5) is 17.2 Å². The van der Waals surface area contributed by atoms with Crippen molar-refractivity contribution < 1.29 is 14.2 Å². The fourth-order valence-electron chi connectivity index (χ4n) is 4.65. The maximum absolute atomic E-state index is 6.69. The third-order valence-corrected chi connectivity index (χ3v) is 8.27. The van der Waals surface area contributed by atoms with Gasteiger partial charge >= 0.3 is 0 Å². The van der Waals surface area contributed by atoms with E-state index in [9.17, 15) is 0 Å². The summed E-state index contributed by atoms with van der Waals surface area (Å²) in [6.45, 7) is 7.07. The Morgan fingerprint density at radius 1 is 1.08 bits per heavy atom. The van der Waals surface area contributed by atoms with Gasteiger partial charge in [0, 0.05) is 30.9 Å². The van der Waals surface area contributed by atoms with Crippen LogP contribution in [-0.4, -0.2) is 61.9 Å². The van der Waals surface area contributed by atoms with Crippen molar-refractivity contribution in [1.29, 1.82) is 0 Å². The summed E-state index contributed by atoms with van der Waals surface area (Å²) in [7, 11) is 3.12. The molecule has 4 heterocycles. The quantitative estimate of drug-likeness (QED) is 0.393. The number of halogens is 2. The molecule has 2 aliphatic rings. The maximum atomic E-state index is 6.69. The van der Waals surface area contributed by atoms with E-state index >= 15 is 0 Å². The normalized spacial score (nSPS) is 19.8. The first-order valence-electron chi connectivity index (χ1n) is 12.0. The number of morpholine rings is 1. The van der Waals surface area contributed by atoms with E-state index in [0.717, 1.165) is 47.5 Å². The summed E-state index contributed by atoms with van der Waals surface area (Å²) in [4.78, 5) is 14.8. The van der Waals surface area contributed by atoms with Crippen LogP contribution in [-0.2, 0) is 11.3 Å². The number of ether oxygens (including phenoxy) is 3. The zero-order valence-electron chi connectivity index (χ0n) is 21.1. The van der Waals surface area contributed by atoms with Gasteiger partial charge in [-0.15, -0.1) is 11.3 Å². The number of nitrogens with one attached hydrogen (secondary N) is 1. The average Bonchev–Trinajstić information content (AvgIpc) is 3.39. The van der Waals surface area contributed by atoms with E-state index in [2.05, 4.69) is 35.1 Å². The lowest BCUT2D eigenvalue weighted by molar-refractivity contribution is -0.0409. The molecule has 0 saturated carbocycles. The van der Waals surface area contributed by atoms with E-state index in [4.69, 9.17) is 42.4 Å². The Labute approximate surface area is 230 Å². The number of hydrogen-bond donors (Lipinski definition) is 1. The first-order valence-corrected chi connectivity index (χ1v) is 13.6. The molecule has 2 aromatic heterocycles. The molecule has 0 amide bonds. The largest absolute Gasteiger partial charge is 0.495 e. The highest BCUT2D eigenvalue weighted by Crippen LogP contribution is 2.49. The lowest BCUT2D eigenvalue weighted by Crippen LogP contribution is -2.48. The summed E-state index contributed by atoms with van der Waals surface area (Å²) in [6.07, 6.45) is 1.92. The van der Waals surface area contributed by atoms with Gasteiger partial charge in [0.05, 0.1) is 43.7 Å². The predicted molar refractivity (Wildman–Crippen MR) is 151 cm³/mol. The molecule has 1 N–H and O–H groups in total. The Bertz CT molecular complexity index is 1260. The number of thiophene rings is 1. The Hall–Kier alpha value is -2.56. The Morgan fingerprint density at radius 3 is 2.41 bits per heavy atom.